The molecule has 0 saturated carbocycles. The van der Waals surface area contributed by atoms with Crippen LogP contribution in [-0.2, 0) is 6.54 Å². The molecule has 116 valence electrons. The second-order valence-corrected chi connectivity index (χ2v) is 6.10. The fourth-order valence-corrected chi connectivity index (χ4v) is 2.32. The van der Waals surface area contributed by atoms with E-state index in [0.29, 0.717) is 13.2 Å². The van der Waals surface area contributed by atoms with E-state index >= 15 is 0 Å². The molecular formula is C17H18BrClN2O. The van der Waals surface area contributed by atoms with Crippen molar-refractivity contribution in [3.63, 3.8) is 0 Å². The van der Waals surface area contributed by atoms with Crippen LogP contribution in [0, 0.1) is 0 Å². The quantitative estimate of drug-likeness (QED) is 0.540. The number of nitrogens with zero attached hydrogens (tertiary/aromatic N) is 1. The summed E-state index contributed by atoms with van der Waals surface area (Å²) < 4.78 is 6.71. The van der Waals surface area contributed by atoms with E-state index in [1.165, 1.54) is 0 Å². The van der Waals surface area contributed by atoms with E-state index in [0.717, 1.165) is 32.8 Å². The Balaban J connectivity index is 1.96. The molecule has 0 radical (unpaired) electrons. The minimum absolute atomic E-state index is 0.646. The summed E-state index contributed by atoms with van der Waals surface area (Å²) in [6, 6.07) is 13.6. The smallest absolute Gasteiger partial charge is 0.128 e. The maximum Gasteiger partial charge on any atom is 0.128 e. The molecule has 0 aromatic heterocycles. The lowest BCUT2D eigenvalue weighted by molar-refractivity contribution is 0.317. The van der Waals surface area contributed by atoms with Gasteiger partial charge in [0.2, 0.25) is 0 Å². The first kappa shape index (κ1) is 16.8. The highest BCUT2D eigenvalue weighted by atomic mass is 79.9. The summed E-state index contributed by atoms with van der Waals surface area (Å²) in [7, 11) is 0. The van der Waals surface area contributed by atoms with Crippen molar-refractivity contribution in [3.05, 3.63) is 63.1 Å². The number of benzene rings is 2. The Hall–Kier alpha value is -1.52. The lowest BCUT2D eigenvalue weighted by atomic mass is 10.2. The molecule has 22 heavy (non-hydrogen) atoms. The zero-order chi connectivity index (χ0) is 15.8. The fourth-order valence-electron chi connectivity index (χ4n) is 1.82. The van der Waals surface area contributed by atoms with Gasteiger partial charge in [0.25, 0.3) is 0 Å². The van der Waals surface area contributed by atoms with Gasteiger partial charge in [-0.2, -0.15) is 5.10 Å². The summed E-state index contributed by atoms with van der Waals surface area (Å²) in [6.07, 6.45) is 2.74. The molecule has 0 aliphatic rings. The Morgan fingerprint density at radius 1 is 1.23 bits per heavy atom. The zero-order valence-electron chi connectivity index (χ0n) is 12.4. The molecule has 0 aliphatic heterocycles. The molecule has 0 saturated heterocycles. The second kappa shape index (κ2) is 8.81. The number of nitrogens with one attached hydrogen (secondary N) is 1. The van der Waals surface area contributed by atoms with Crippen molar-refractivity contribution >= 4 is 33.7 Å². The Kier molecular flexibility index (Phi) is 6.74. The summed E-state index contributed by atoms with van der Waals surface area (Å²) in [5, 5.41) is 5.00. The van der Waals surface area contributed by atoms with Crippen LogP contribution >= 0.6 is 27.5 Å². The van der Waals surface area contributed by atoms with Crippen LogP contribution < -0.4 is 10.2 Å². The summed E-state index contributed by atoms with van der Waals surface area (Å²) in [5.74, 6) is 0.835. The molecule has 0 atom stereocenters. The van der Waals surface area contributed by atoms with Crippen molar-refractivity contribution < 1.29 is 4.74 Å². The van der Waals surface area contributed by atoms with Gasteiger partial charge in [0.05, 0.1) is 19.4 Å². The fraction of sp³-hybridized carbons (Fsp3) is 0.235. The standard InChI is InChI=1S/C17H18BrClN2O/c1-2-9-22-17-8-5-15(18)10-14(17)12-21-20-11-13-3-6-16(19)7-4-13/h3-8,10,12,20H,2,9,11H2,1H3/b21-12-. The van der Waals surface area contributed by atoms with Gasteiger partial charge in [-0.05, 0) is 42.3 Å². The lowest BCUT2D eigenvalue weighted by Gasteiger charge is -2.08. The van der Waals surface area contributed by atoms with Gasteiger partial charge in [-0.15, -0.1) is 0 Å². The van der Waals surface area contributed by atoms with E-state index < -0.39 is 0 Å². The van der Waals surface area contributed by atoms with Gasteiger partial charge in [0.1, 0.15) is 5.75 Å². The summed E-state index contributed by atoms with van der Waals surface area (Å²) >= 11 is 9.33. The molecule has 2 aromatic rings. The highest BCUT2D eigenvalue weighted by Crippen LogP contribution is 2.22. The molecule has 1 N–H and O–H groups in total. The average Bonchev–Trinajstić information content (AvgIpc) is 2.52. The van der Waals surface area contributed by atoms with Crippen LogP contribution in [0.5, 0.6) is 5.75 Å². The number of hydrogen-bond donors (Lipinski definition) is 1. The number of hydrazone groups is 1. The minimum atomic E-state index is 0.646. The third-order valence-electron chi connectivity index (χ3n) is 2.92. The van der Waals surface area contributed by atoms with E-state index in [-0.39, 0.29) is 0 Å². The summed E-state index contributed by atoms with van der Waals surface area (Å²) in [6.45, 7) is 3.42. The molecule has 3 nitrogen and oxygen atoms in total. The predicted octanol–water partition coefficient (Wildman–Crippen LogP) is 5.02. The van der Waals surface area contributed by atoms with Crippen LogP contribution in [0.25, 0.3) is 0 Å². The van der Waals surface area contributed by atoms with Gasteiger partial charge >= 0.3 is 0 Å². The van der Waals surface area contributed by atoms with E-state index in [1.54, 1.807) is 6.21 Å². The third kappa shape index (κ3) is 5.35. The molecular weight excluding hydrogens is 364 g/mol. The van der Waals surface area contributed by atoms with Crippen LogP contribution in [0.15, 0.2) is 52.0 Å². The number of rotatable bonds is 7. The normalized spacial score (nSPS) is 10.9. The van der Waals surface area contributed by atoms with Crippen LogP contribution in [-0.4, -0.2) is 12.8 Å². The van der Waals surface area contributed by atoms with Gasteiger partial charge in [0.15, 0.2) is 0 Å². The lowest BCUT2D eigenvalue weighted by Crippen LogP contribution is -2.06. The van der Waals surface area contributed by atoms with Gasteiger partial charge in [0, 0.05) is 15.1 Å². The average molecular weight is 382 g/mol. The van der Waals surface area contributed by atoms with Gasteiger partial charge in [-0.1, -0.05) is 46.6 Å². The van der Waals surface area contributed by atoms with Crippen LogP contribution in [0.4, 0.5) is 0 Å². The molecule has 2 rings (SSSR count). The predicted molar refractivity (Wildman–Crippen MR) is 95.8 cm³/mol. The highest BCUT2D eigenvalue weighted by molar-refractivity contribution is 9.10. The van der Waals surface area contributed by atoms with Crippen molar-refractivity contribution in [3.8, 4) is 5.75 Å². The first-order chi connectivity index (χ1) is 10.7. The van der Waals surface area contributed by atoms with Crippen molar-refractivity contribution in [2.24, 2.45) is 5.10 Å². The Morgan fingerprint density at radius 2 is 2.00 bits per heavy atom. The first-order valence-corrected chi connectivity index (χ1v) is 8.29. The Bertz CT molecular complexity index is 629. The number of halogens is 2. The monoisotopic (exact) mass is 380 g/mol. The van der Waals surface area contributed by atoms with Crippen LogP contribution in [0.2, 0.25) is 5.02 Å². The molecule has 5 heteroatoms. The number of hydrogen-bond acceptors (Lipinski definition) is 3. The molecule has 0 aliphatic carbocycles. The van der Waals surface area contributed by atoms with E-state index in [4.69, 9.17) is 16.3 Å². The summed E-state index contributed by atoms with van der Waals surface area (Å²) in [4.78, 5) is 0. The van der Waals surface area contributed by atoms with Gasteiger partial charge in [-0.25, -0.2) is 0 Å². The maximum atomic E-state index is 5.86. The van der Waals surface area contributed by atoms with E-state index in [9.17, 15) is 0 Å². The van der Waals surface area contributed by atoms with Crippen LogP contribution in [0.3, 0.4) is 0 Å². The van der Waals surface area contributed by atoms with Gasteiger partial charge in [-0.3, -0.25) is 0 Å². The first-order valence-electron chi connectivity index (χ1n) is 7.11. The van der Waals surface area contributed by atoms with Crippen molar-refractivity contribution in [2.45, 2.75) is 19.9 Å². The second-order valence-electron chi connectivity index (χ2n) is 4.75. The minimum Gasteiger partial charge on any atom is -0.493 e. The van der Waals surface area contributed by atoms with Crippen LogP contribution in [0.1, 0.15) is 24.5 Å². The molecule has 2 aromatic carbocycles. The molecule has 0 spiro atoms. The SMILES string of the molecule is CCCOc1ccc(Br)cc1/C=N\NCc1ccc(Cl)cc1. The van der Waals surface area contributed by atoms with E-state index in [2.05, 4.69) is 33.4 Å². The highest BCUT2D eigenvalue weighted by Gasteiger charge is 2.02. The molecule has 0 bridgehead atoms. The summed E-state index contributed by atoms with van der Waals surface area (Å²) in [5.41, 5.74) is 5.09. The third-order valence-corrected chi connectivity index (χ3v) is 3.67. The van der Waals surface area contributed by atoms with Crippen molar-refractivity contribution in [1.82, 2.24) is 5.43 Å². The van der Waals surface area contributed by atoms with E-state index in [1.807, 2.05) is 42.5 Å². The Labute approximate surface area is 144 Å². The van der Waals surface area contributed by atoms with Crippen molar-refractivity contribution in [1.29, 1.82) is 0 Å². The molecule has 0 amide bonds. The Morgan fingerprint density at radius 3 is 2.73 bits per heavy atom. The van der Waals surface area contributed by atoms with Gasteiger partial charge < -0.3 is 10.2 Å². The zero-order valence-corrected chi connectivity index (χ0v) is 14.7. The maximum absolute atomic E-state index is 5.86. The largest absolute Gasteiger partial charge is 0.493 e. The molecule has 0 unspecified atom stereocenters. The molecule has 0 fully saturated rings. The molecule has 0 heterocycles. The number of ether oxygens (including phenoxy) is 1. The topological polar surface area (TPSA) is 33.6 Å². The van der Waals surface area contributed by atoms with Crippen molar-refractivity contribution in [2.75, 3.05) is 6.61 Å².